The highest BCUT2D eigenvalue weighted by atomic mass is 19.4. The number of nitrogen functional groups attached to an aromatic ring is 1. The number of alkyl halides is 3. The van der Waals surface area contributed by atoms with Crippen molar-refractivity contribution in [1.29, 1.82) is 0 Å². The first-order valence-corrected chi connectivity index (χ1v) is 5.63. The summed E-state index contributed by atoms with van der Waals surface area (Å²) in [6.45, 7) is -1.43. The molecule has 0 radical (unpaired) electrons. The summed E-state index contributed by atoms with van der Waals surface area (Å²) in [4.78, 5) is 7.85. The lowest BCUT2D eigenvalue weighted by Gasteiger charge is -2.05. The van der Waals surface area contributed by atoms with Crippen LogP contribution in [0.1, 0.15) is 5.82 Å². The SMILES string of the molecule is Nc1cc(-c2nc(CCOCC(F)(F)F)no2)ccn1. The van der Waals surface area contributed by atoms with Crippen LogP contribution in [-0.4, -0.2) is 34.5 Å². The standard InChI is InChI=1S/C11H11F3N4O2/c12-11(13,14)6-19-4-2-9-17-10(20-18-9)7-1-3-16-8(15)5-7/h1,3,5H,2,4,6H2,(H2,15,16). The summed E-state index contributed by atoms with van der Waals surface area (Å²) in [5, 5.41) is 3.65. The maximum atomic E-state index is 11.9. The van der Waals surface area contributed by atoms with Gasteiger partial charge in [0.05, 0.1) is 6.61 Å². The van der Waals surface area contributed by atoms with Gasteiger partial charge in [-0.2, -0.15) is 18.2 Å². The van der Waals surface area contributed by atoms with E-state index in [9.17, 15) is 13.2 Å². The minimum atomic E-state index is -4.34. The molecule has 9 heteroatoms. The van der Waals surface area contributed by atoms with Gasteiger partial charge in [-0.1, -0.05) is 5.16 Å². The van der Waals surface area contributed by atoms with Crippen LogP contribution in [-0.2, 0) is 11.2 Å². The lowest BCUT2D eigenvalue weighted by molar-refractivity contribution is -0.173. The van der Waals surface area contributed by atoms with Gasteiger partial charge in [0.15, 0.2) is 5.82 Å². The van der Waals surface area contributed by atoms with E-state index in [1.165, 1.54) is 6.20 Å². The molecule has 0 aliphatic rings. The van der Waals surface area contributed by atoms with E-state index in [0.717, 1.165) is 0 Å². The van der Waals surface area contributed by atoms with Crippen molar-refractivity contribution in [3.63, 3.8) is 0 Å². The Morgan fingerprint density at radius 3 is 2.85 bits per heavy atom. The molecule has 6 nitrogen and oxygen atoms in total. The molecule has 0 bridgehead atoms. The number of nitrogens with two attached hydrogens (primary N) is 1. The van der Waals surface area contributed by atoms with Gasteiger partial charge in [-0.25, -0.2) is 4.98 Å². The maximum Gasteiger partial charge on any atom is 0.411 e. The van der Waals surface area contributed by atoms with Crippen molar-refractivity contribution >= 4 is 5.82 Å². The minimum Gasteiger partial charge on any atom is -0.384 e. The van der Waals surface area contributed by atoms with Gasteiger partial charge in [0.2, 0.25) is 0 Å². The highest BCUT2D eigenvalue weighted by molar-refractivity contribution is 5.56. The number of rotatable bonds is 5. The van der Waals surface area contributed by atoms with Crippen LogP contribution < -0.4 is 5.73 Å². The van der Waals surface area contributed by atoms with E-state index in [1.54, 1.807) is 12.1 Å². The second kappa shape index (κ2) is 5.87. The largest absolute Gasteiger partial charge is 0.411 e. The Balaban J connectivity index is 1.90. The molecule has 2 heterocycles. The summed E-state index contributed by atoms with van der Waals surface area (Å²) in [5.41, 5.74) is 6.10. The van der Waals surface area contributed by atoms with Crippen LogP contribution in [0.5, 0.6) is 0 Å². The molecular weight excluding hydrogens is 277 g/mol. The van der Waals surface area contributed by atoms with Gasteiger partial charge in [-0.3, -0.25) is 0 Å². The molecule has 20 heavy (non-hydrogen) atoms. The highest BCUT2D eigenvalue weighted by Crippen LogP contribution is 2.18. The molecule has 0 unspecified atom stereocenters. The maximum absolute atomic E-state index is 11.9. The fourth-order valence-corrected chi connectivity index (χ4v) is 1.41. The monoisotopic (exact) mass is 288 g/mol. The number of nitrogens with zero attached hydrogens (tertiary/aromatic N) is 3. The van der Waals surface area contributed by atoms with Gasteiger partial charge in [0.25, 0.3) is 5.89 Å². The second-order valence-electron chi connectivity index (χ2n) is 3.90. The third-order valence-corrected chi connectivity index (χ3v) is 2.23. The fourth-order valence-electron chi connectivity index (χ4n) is 1.41. The Labute approximate surface area is 111 Å². The third kappa shape index (κ3) is 4.19. The molecule has 0 saturated heterocycles. The molecule has 0 saturated carbocycles. The first kappa shape index (κ1) is 14.3. The van der Waals surface area contributed by atoms with Crippen LogP contribution in [0.15, 0.2) is 22.9 Å². The fraction of sp³-hybridized carbons (Fsp3) is 0.364. The number of hydrogen-bond acceptors (Lipinski definition) is 6. The number of hydrogen-bond donors (Lipinski definition) is 1. The van der Waals surface area contributed by atoms with E-state index in [-0.39, 0.29) is 24.7 Å². The summed E-state index contributed by atoms with van der Waals surface area (Å²) in [6.07, 6.45) is -2.72. The van der Waals surface area contributed by atoms with Crippen LogP contribution in [0.25, 0.3) is 11.5 Å². The van der Waals surface area contributed by atoms with Crippen molar-refractivity contribution < 1.29 is 22.4 Å². The Morgan fingerprint density at radius 2 is 2.15 bits per heavy atom. The molecule has 0 aliphatic carbocycles. The average molecular weight is 288 g/mol. The zero-order valence-electron chi connectivity index (χ0n) is 10.2. The number of ether oxygens (including phenoxy) is 1. The van der Waals surface area contributed by atoms with Crippen molar-refractivity contribution in [1.82, 2.24) is 15.1 Å². The molecule has 0 fully saturated rings. The zero-order chi connectivity index (χ0) is 14.6. The van der Waals surface area contributed by atoms with E-state index >= 15 is 0 Å². The van der Waals surface area contributed by atoms with Crippen molar-refractivity contribution in [2.45, 2.75) is 12.6 Å². The zero-order valence-corrected chi connectivity index (χ0v) is 10.2. The Morgan fingerprint density at radius 1 is 1.35 bits per heavy atom. The summed E-state index contributed by atoms with van der Waals surface area (Å²) in [5.74, 6) is 0.790. The molecule has 2 aromatic rings. The van der Waals surface area contributed by atoms with E-state index in [2.05, 4.69) is 19.9 Å². The van der Waals surface area contributed by atoms with Crippen LogP contribution >= 0.6 is 0 Å². The van der Waals surface area contributed by atoms with Gasteiger partial charge < -0.3 is 15.0 Å². The van der Waals surface area contributed by atoms with E-state index in [4.69, 9.17) is 10.3 Å². The highest BCUT2D eigenvalue weighted by Gasteiger charge is 2.27. The third-order valence-electron chi connectivity index (χ3n) is 2.23. The first-order chi connectivity index (χ1) is 9.44. The van der Waals surface area contributed by atoms with E-state index in [0.29, 0.717) is 11.4 Å². The summed E-state index contributed by atoms with van der Waals surface area (Å²) in [6, 6.07) is 3.19. The molecule has 2 aromatic heterocycles. The normalized spacial score (nSPS) is 11.8. The van der Waals surface area contributed by atoms with Crippen molar-refractivity contribution in [2.75, 3.05) is 18.9 Å². The number of halogens is 3. The van der Waals surface area contributed by atoms with Gasteiger partial charge in [0.1, 0.15) is 12.4 Å². The van der Waals surface area contributed by atoms with Crippen molar-refractivity contribution in [3.05, 3.63) is 24.2 Å². The first-order valence-electron chi connectivity index (χ1n) is 5.63. The molecule has 0 spiro atoms. The van der Waals surface area contributed by atoms with Gasteiger partial charge >= 0.3 is 6.18 Å². The van der Waals surface area contributed by atoms with Gasteiger partial charge in [0, 0.05) is 18.2 Å². The van der Waals surface area contributed by atoms with Gasteiger partial charge in [-0.05, 0) is 12.1 Å². The quantitative estimate of drug-likeness (QED) is 0.845. The minimum absolute atomic E-state index is 0.125. The summed E-state index contributed by atoms with van der Waals surface area (Å²) in [7, 11) is 0. The van der Waals surface area contributed by atoms with E-state index in [1.807, 2.05) is 0 Å². The predicted molar refractivity (Wildman–Crippen MR) is 62.5 cm³/mol. The van der Waals surface area contributed by atoms with Crippen molar-refractivity contribution in [3.8, 4) is 11.5 Å². The topological polar surface area (TPSA) is 87.1 Å². The molecule has 108 valence electrons. The Bertz CT molecular complexity index is 571. The molecule has 2 rings (SSSR count). The number of aromatic nitrogens is 3. The summed E-state index contributed by atoms with van der Waals surface area (Å²) < 4.78 is 45.0. The second-order valence-corrected chi connectivity index (χ2v) is 3.90. The van der Waals surface area contributed by atoms with Gasteiger partial charge in [-0.15, -0.1) is 0 Å². The Kier molecular flexibility index (Phi) is 4.18. The molecule has 2 N–H and O–H groups in total. The summed E-state index contributed by atoms with van der Waals surface area (Å²) >= 11 is 0. The van der Waals surface area contributed by atoms with Crippen molar-refractivity contribution in [2.24, 2.45) is 0 Å². The number of anilines is 1. The number of pyridine rings is 1. The van der Waals surface area contributed by atoms with Crippen LogP contribution in [0.2, 0.25) is 0 Å². The van der Waals surface area contributed by atoms with Crippen LogP contribution in [0.4, 0.5) is 19.0 Å². The lowest BCUT2D eigenvalue weighted by atomic mass is 10.2. The molecule has 0 aromatic carbocycles. The Hall–Kier alpha value is -2.16. The molecule has 0 atom stereocenters. The smallest absolute Gasteiger partial charge is 0.384 e. The molecule has 0 aliphatic heterocycles. The van der Waals surface area contributed by atoms with E-state index < -0.39 is 12.8 Å². The molecule has 0 amide bonds. The van der Waals surface area contributed by atoms with Crippen LogP contribution in [0, 0.1) is 0 Å². The predicted octanol–water partition coefficient (Wildman–Crippen LogP) is 1.84. The average Bonchev–Trinajstić information content (AvgIpc) is 2.82. The lowest BCUT2D eigenvalue weighted by Crippen LogP contribution is -2.18. The van der Waals surface area contributed by atoms with Crippen LogP contribution in [0.3, 0.4) is 0 Å². The molecular formula is C11H11F3N4O2.